The third kappa shape index (κ3) is 44.8. The summed E-state index contributed by atoms with van der Waals surface area (Å²) in [4.78, 5) is 36.8. The first-order valence-electron chi connectivity index (χ1n) is 24.4. The summed E-state index contributed by atoms with van der Waals surface area (Å²) in [6.45, 7) is 4.57. The number of carbonyl (C=O) groups excluding carboxylic acids is 3. The summed E-state index contributed by atoms with van der Waals surface area (Å²) in [6, 6.07) is 0. The quantitative estimate of drug-likeness (QED) is 0.0196. The van der Waals surface area contributed by atoms with Crippen LogP contribution in [0.25, 0.3) is 0 Å². The molecule has 0 fully saturated rings. The van der Waals surface area contributed by atoms with Crippen LogP contribution in [0.5, 0.6) is 0 Å². The summed E-state index contributed by atoms with van der Waals surface area (Å²) in [5, 5.41) is 11.7. The number of rotatable bonds is 44. The topological polar surface area (TPSA) is 111 Å². The third-order valence-electron chi connectivity index (χ3n) is 10.3. The van der Waals surface area contributed by atoms with Crippen molar-refractivity contribution in [2.24, 2.45) is 0 Å². The zero-order valence-corrected chi connectivity index (χ0v) is 39.8. The Morgan fingerprint density at radius 3 is 1.39 bits per heavy atom. The first-order valence-corrected chi connectivity index (χ1v) is 24.4. The molecule has 9 nitrogen and oxygen atoms in total. The van der Waals surface area contributed by atoms with E-state index in [2.05, 4.69) is 74.6 Å². The number of nitrogens with zero attached hydrogens (tertiary/aromatic N) is 1. The van der Waals surface area contributed by atoms with E-state index in [1.807, 2.05) is 21.1 Å². The predicted octanol–water partition coefficient (Wildman–Crippen LogP) is 12.0. The molecule has 0 aliphatic heterocycles. The predicted molar refractivity (Wildman–Crippen MR) is 251 cm³/mol. The summed E-state index contributed by atoms with van der Waals surface area (Å²) >= 11 is 0. The highest BCUT2D eigenvalue weighted by molar-refractivity contribution is 5.70. The Balaban J connectivity index is 4.12. The van der Waals surface area contributed by atoms with Crippen LogP contribution in [0.3, 0.4) is 0 Å². The van der Waals surface area contributed by atoms with Gasteiger partial charge in [-0.15, -0.1) is 0 Å². The van der Waals surface area contributed by atoms with Gasteiger partial charge < -0.3 is 33.3 Å². The molecule has 0 bridgehead atoms. The highest BCUT2D eigenvalue weighted by Crippen LogP contribution is 2.15. The molecule has 0 N–H and O–H groups in total. The van der Waals surface area contributed by atoms with Crippen molar-refractivity contribution in [3.05, 3.63) is 60.8 Å². The first-order chi connectivity index (χ1) is 29.6. The van der Waals surface area contributed by atoms with E-state index in [-0.39, 0.29) is 32.2 Å². The van der Waals surface area contributed by atoms with E-state index >= 15 is 0 Å². The van der Waals surface area contributed by atoms with Crippen LogP contribution in [0.1, 0.15) is 194 Å². The average Bonchev–Trinajstić information content (AvgIpc) is 3.22. The largest absolute Gasteiger partial charge is 0.545 e. The molecule has 0 spiro atoms. The Kier molecular flexibility index (Phi) is 41.5. The second kappa shape index (κ2) is 43.6. The van der Waals surface area contributed by atoms with E-state index in [0.29, 0.717) is 23.9 Å². The van der Waals surface area contributed by atoms with Gasteiger partial charge in [-0.2, -0.15) is 0 Å². The monoisotopic (exact) mass is 858 g/mol. The van der Waals surface area contributed by atoms with Crippen LogP contribution in [0.2, 0.25) is 0 Å². The lowest BCUT2D eigenvalue weighted by Crippen LogP contribution is -2.44. The van der Waals surface area contributed by atoms with Crippen LogP contribution in [-0.4, -0.2) is 82.3 Å². The fourth-order valence-corrected chi connectivity index (χ4v) is 6.50. The smallest absolute Gasteiger partial charge is 0.306 e. The molecule has 2 unspecified atom stereocenters. The molecular weight excluding hydrogens is 767 g/mol. The van der Waals surface area contributed by atoms with Crippen molar-refractivity contribution in [1.82, 2.24) is 0 Å². The molecule has 0 saturated heterocycles. The summed E-state index contributed by atoms with van der Waals surface area (Å²) in [5.41, 5.74) is 0. The molecule has 0 aromatic carbocycles. The van der Waals surface area contributed by atoms with Gasteiger partial charge in [0, 0.05) is 12.8 Å². The highest BCUT2D eigenvalue weighted by atomic mass is 16.7. The Morgan fingerprint density at radius 2 is 0.934 bits per heavy atom. The molecule has 0 rings (SSSR count). The van der Waals surface area contributed by atoms with E-state index in [1.165, 1.54) is 89.9 Å². The number of hydrogen-bond acceptors (Lipinski definition) is 8. The van der Waals surface area contributed by atoms with Crippen molar-refractivity contribution in [2.75, 3.05) is 47.5 Å². The lowest BCUT2D eigenvalue weighted by molar-refractivity contribution is -0.870. The number of hydrogen-bond donors (Lipinski definition) is 0. The Hall–Kier alpha value is -3.01. The number of allylic oxidation sites excluding steroid dienone is 10. The molecular formula is C52H91NO8. The number of ether oxygens (including phenoxy) is 4. The minimum absolute atomic E-state index is 0.147. The average molecular weight is 858 g/mol. The molecule has 352 valence electrons. The van der Waals surface area contributed by atoms with Gasteiger partial charge in [-0.05, 0) is 57.8 Å². The SMILES string of the molecule is CC/C=C\C/C=C\C/C=C\C/C=C\C/C=C\CCCCCCCCCCCCCCCC(=O)OC(COC(=O)CCCCCCCCC)COC(OCC[N+](C)(C)C)C(=O)[O-]. The number of quaternary nitrogens is 1. The zero-order chi connectivity index (χ0) is 44.9. The fourth-order valence-electron chi connectivity index (χ4n) is 6.50. The van der Waals surface area contributed by atoms with Gasteiger partial charge in [-0.3, -0.25) is 9.59 Å². The number of likely N-dealkylation sites (N-methyl/N-ethyl adjacent to an activating group) is 1. The van der Waals surface area contributed by atoms with Gasteiger partial charge in [0.1, 0.15) is 13.2 Å². The molecule has 0 aliphatic carbocycles. The van der Waals surface area contributed by atoms with Crippen LogP contribution in [-0.2, 0) is 33.3 Å². The van der Waals surface area contributed by atoms with Crippen LogP contribution in [0, 0.1) is 0 Å². The van der Waals surface area contributed by atoms with Crippen molar-refractivity contribution in [2.45, 2.75) is 206 Å². The van der Waals surface area contributed by atoms with Gasteiger partial charge in [0.05, 0.1) is 40.3 Å². The fraction of sp³-hybridized carbons (Fsp3) is 0.750. The number of esters is 2. The Morgan fingerprint density at radius 1 is 0.508 bits per heavy atom. The van der Waals surface area contributed by atoms with E-state index in [1.54, 1.807) is 0 Å². The molecule has 9 heteroatoms. The standard InChI is InChI=1S/C52H91NO8/c1-6-8-10-12-14-15-16-17-18-19-20-21-22-23-24-25-26-27-28-29-30-31-32-33-34-35-37-39-41-43-50(55)61-48(46-59-49(54)42-40-38-36-13-11-9-7-2)47-60-52(51(56)57)58-45-44-53(3,4)5/h8,10,14-15,17-18,20-21,23-24,48,52H,6-7,9,11-13,16,19,22,25-47H2,1-5H3/b10-8-,15-14-,18-17-,21-20-,24-23-. The van der Waals surface area contributed by atoms with Gasteiger partial charge in [0.2, 0.25) is 0 Å². The molecule has 2 atom stereocenters. The minimum Gasteiger partial charge on any atom is -0.545 e. The summed E-state index contributed by atoms with van der Waals surface area (Å²) in [6.07, 6.45) is 50.0. The molecule has 0 saturated carbocycles. The van der Waals surface area contributed by atoms with E-state index in [0.717, 1.165) is 70.6 Å². The van der Waals surface area contributed by atoms with Gasteiger partial charge in [0.15, 0.2) is 12.4 Å². The van der Waals surface area contributed by atoms with Crippen molar-refractivity contribution >= 4 is 17.9 Å². The van der Waals surface area contributed by atoms with Crippen molar-refractivity contribution in [3.63, 3.8) is 0 Å². The van der Waals surface area contributed by atoms with E-state index in [4.69, 9.17) is 18.9 Å². The summed E-state index contributed by atoms with van der Waals surface area (Å²) in [7, 11) is 5.90. The summed E-state index contributed by atoms with van der Waals surface area (Å²) in [5.74, 6) is -2.29. The van der Waals surface area contributed by atoms with Gasteiger partial charge in [-0.1, -0.05) is 184 Å². The molecule has 0 radical (unpaired) electrons. The lowest BCUT2D eigenvalue weighted by atomic mass is 10.0. The Bertz CT molecular complexity index is 1180. The summed E-state index contributed by atoms with van der Waals surface area (Å²) < 4.78 is 22.5. The van der Waals surface area contributed by atoms with Gasteiger partial charge in [-0.25, -0.2) is 0 Å². The van der Waals surface area contributed by atoms with Crippen molar-refractivity contribution in [1.29, 1.82) is 0 Å². The molecule has 0 aliphatic rings. The Labute approximate surface area is 374 Å². The van der Waals surface area contributed by atoms with Gasteiger partial charge in [0.25, 0.3) is 0 Å². The molecule has 0 aromatic rings. The molecule has 0 heterocycles. The molecule has 0 amide bonds. The molecule has 0 aromatic heterocycles. The number of carboxylic acid groups (broad SMARTS) is 1. The van der Waals surface area contributed by atoms with Gasteiger partial charge >= 0.3 is 11.9 Å². The second-order valence-electron chi connectivity index (χ2n) is 17.4. The lowest BCUT2D eigenvalue weighted by Gasteiger charge is -2.26. The van der Waals surface area contributed by atoms with E-state index in [9.17, 15) is 19.5 Å². The zero-order valence-electron chi connectivity index (χ0n) is 39.8. The number of aliphatic carboxylic acids is 1. The van der Waals surface area contributed by atoms with Crippen molar-refractivity contribution in [3.8, 4) is 0 Å². The maximum absolute atomic E-state index is 12.7. The van der Waals surface area contributed by atoms with Crippen LogP contribution >= 0.6 is 0 Å². The maximum atomic E-state index is 12.7. The van der Waals surface area contributed by atoms with Crippen LogP contribution < -0.4 is 5.11 Å². The number of carboxylic acids is 1. The number of unbranched alkanes of at least 4 members (excludes halogenated alkanes) is 19. The van der Waals surface area contributed by atoms with E-state index < -0.39 is 24.3 Å². The third-order valence-corrected chi connectivity index (χ3v) is 10.3. The normalized spacial score (nSPS) is 13.4. The second-order valence-corrected chi connectivity index (χ2v) is 17.4. The maximum Gasteiger partial charge on any atom is 0.306 e. The molecule has 61 heavy (non-hydrogen) atoms. The van der Waals surface area contributed by atoms with Crippen molar-refractivity contribution < 1.29 is 42.9 Å². The number of carbonyl (C=O) groups is 3. The first kappa shape index (κ1) is 58.0. The van der Waals surface area contributed by atoms with Crippen LogP contribution in [0.15, 0.2) is 60.8 Å². The highest BCUT2D eigenvalue weighted by Gasteiger charge is 2.21. The van der Waals surface area contributed by atoms with Crippen LogP contribution in [0.4, 0.5) is 0 Å². The minimum atomic E-state index is -1.62.